The predicted octanol–water partition coefficient (Wildman–Crippen LogP) is -2.50. The average Bonchev–Trinajstić information content (AvgIpc) is 2.32. The minimum Gasteiger partial charge on any atom is -1.00 e. The molecule has 2 rings (SSSR count). The van der Waals surface area contributed by atoms with Crippen LogP contribution in [0.3, 0.4) is 0 Å². The molecular formula is C9H8ClN2O2-. The van der Waals surface area contributed by atoms with Crippen LogP contribution in [0, 0.1) is 0 Å². The molecule has 0 radical (unpaired) electrons. The second-order valence-electron chi connectivity index (χ2n) is 2.97. The van der Waals surface area contributed by atoms with Crippen molar-refractivity contribution >= 4 is 17.5 Å². The summed E-state index contributed by atoms with van der Waals surface area (Å²) in [5.74, 6) is -0.549. The molecule has 74 valence electrons. The first-order valence-electron chi connectivity index (χ1n) is 3.83. The Morgan fingerprint density at radius 3 is 2.36 bits per heavy atom. The Morgan fingerprint density at radius 1 is 1.14 bits per heavy atom. The van der Waals surface area contributed by atoms with Gasteiger partial charge in [0.15, 0.2) is 0 Å². The van der Waals surface area contributed by atoms with Crippen LogP contribution in [-0.2, 0) is 0 Å². The highest BCUT2D eigenvalue weighted by molar-refractivity contribution is 6.21. The summed E-state index contributed by atoms with van der Waals surface area (Å²) >= 11 is 0. The molecule has 0 saturated heterocycles. The van der Waals surface area contributed by atoms with E-state index in [4.69, 9.17) is 5.73 Å². The number of anilines is 1. The van der Waals surface area contributed by atoms with Crippen molar-refractivity contribution in [1.82, 2.24) is 4.90 Å². The topological polar surface area (TPSA) is 63.4 Å². The van der Waals surface area contributed by atoms with Gasteiger partial charge < -0.3 is 18.1 Å². The van der Waals surface area contributed by atoms with Gasteiger partial charge in [0.25, 0.3) is 11.8 Å². The van der Waals surface area contributed by atoms with Gasteiger partial charge >= 0.3 is 0 Å². The lowest BCUT2D eigenvalue weighted by atomic mass is 10.1. The minimum atomic E-state index is -0.285. The van der Waals surface area contributed by atoms with Crippen LogP contribution in [0.4, 0.5) is 5.69 Å². The summed E-state index contributed by atoms with van der Waals surface area (Å²) in [6, 6.07) is 4.72. The monoisotopic (exact) mass is 211 g/mol. The summed E-state index contributed by atoms with van der Waals surface area (Å²) < 4.78 is 0. The largest absolute Gasteiger partial charge is 1.00 e. The summed E-state index contributed by atoms with van der Waals surface area (Å²) in [6.07, 6.45) is 0. The molecule has 14 heavy (non-hydrogen) atoms. The van der Waals surface area contributed by atoms with Crippen molar-refractivity contribution in [2.45, 2.75) is 0 Å². The summed E-state index contributed by atoms with van der Waals surface area (Å²) in [7, 11) is 1.46. The Kier molecular flexibility index (Phi) is 2.49. The highest BCUT2D eigenvalue weighted by Gasteiger charge is 2.32. The number of hydrogen-bond donors (Lipinski definition) is 1. The van der Waals surface area contributed by atoms with Crippen molar-refractivity contribution < 1.29 is 22.0 Å². The SMILES string of the molecule is CN1C(=O)c2ccc(N)cc2C1=O.[Cl-]. The molecule has 1 aliphatic heterocycles. The first-order valence-corrected chi connectivity index (χ1v) is 3.83. The molecule has 4 nitrogen and oxygen atoms in total. The first kappa shape index (κ1) is 10.5. The number of amides is 2. The Bertz CT molecular complexity index is 417. The van der Waals surface area contributed by atoms with Crippen molar-refractivity contribution in [3.63, 3.8) is 0 Å². The number of fused-ring (bicyclic) bond motifs is 1. The highest BCUT2D eigenvalue weighted by Crippen LogP contribution is 2.23. The quantitative estimate of drug-likeness (QED) is 0.381. The van der Waals surface area contributed by atoms with E-state index >= 15 is 0 Å². The van der Waals surface area contributed by atoms with Crippen LogP contribution in [-0.4, -0.2) is 23.8 Å². The molecule has 0 aliphatic carbocycles. The molecule has 0 fully saturated rings. The zero-order chi connectivity index (χ0) is 9.59. The standard InChI is InChI=1S/C9H8N2O2.ClH/c1-11-8(12)6-3-2-5(10)4-7(6)9(11)13;/h2-4H,10H2,1H3;1H/p-1. The third-order valence-electron chi connectivity index (χ3n) is 2.11. The fourth-order valence-electron chi connectivity index (χ4n) is 1.38. The molecule has 5 heteroatoms. The summed E-state index contributed by atoms with van der Waals surface area (Å²) in [6.45, 7) is 0. The number of carbonyl (C=O) groups excluding carboxylic acids is 2. The summed E-state index contributed by atoms with van der Waals surface area (Å²) in [5.41, 5.74) is 6.83. The van der Waals surface area contributed by atoms with E-state index in [1.54, 1.807) is 12.1 Å². The van der Waals surface area contributed by atoms with Crippen molar-refractivity contribution in [2.75, 3.05) is 12.8 Å². The third-order valence-corrected chi connectivity index (χ3v) is 2.11. The van der Waals surface area contributed by atoms with Crippen LogP contribution in [0.5, 0.6) is 0 Å². The number of benzene rings is 1. The lowest BCUT2D eigenvalue weighted by Crippen LogP contribution is -3.00. The molecule has 1 aromatic carbocycles. The fourth-order valence-corrected chi connectivity index (χ4v) is 1.38. The van der Waals surface area contributed by atoms with Crippen LogP contribution in [0.1, 0.15) is 20.7 Å². The maximum Gasteiger partial charge on any atom is 0.261 e. The van der Waals surface area contributed by atoms with Crippen LogP contribution < -0.4 is 18.1 Å². The lowest BCUT2D eigenvalue weighted by molar-refractivity contribution is -0.0000244. The Hall–Kier alpha value is -1.55. The average molecular weight is 212 g/mol. The lowest BCUT2D eigenvalue weighted by Gasteiger charge is -2.02. The molecule has 0 atom stereocenters. The number of rotatable bonds is 0. The van der Waals surface area contributed by atoms with Gasteiger partial charge in [-0.2, -0.15) is 0 Å². The van der Waals surface area contributed by atoms with Gasteiger partial charge in [0.2, 0.25) is 0 Å². The van der Waals surface area contributed by atoms with Crippen LogP contribution in [0.15, 0.2) is 18.2 Å². The maximum atomic E-state index is 11.4. The normalized spacial score (nSPS) is 13.9. The zero-order valence-electron chi connectivity index (χ0n) is 7.45. The van der Waals surface area contributed by atoms with E-state index in [2.05, 4.69) is 0 Å². The van der Waals surface area contributed by atoms with Gasteiger partial charge in [-0.25, -0.2) is 0 Å². The number of nitrogens with two attached hydrogens (primary N) is 1. The molecule has 0 spiro atoms. The van der Waals surface area contributed by atoms with E-state index in [9.17, 15) is 9.59 Å². The molecular weight excluding hydrogens is 204 g/mol. The molecule has 0 aromatic heterocycles. The molecule has 2 amide bonds. The predicted molar refractivity (Wildman–Crippen MR) is 47.3 cm³/mol. The van der Waals surface area contributed by atoms with E-state index in [1.165, 1.54) is 13.1 Å². The van der Waals surface area contributed by atoms with Gasteiger partial charge in [0.1, 0.15) is 0 Å². The molecule has 0 bridgehead atoms. The van der Waals surface area contributed by atoms with E-state index in [0.29, 0.717) is 16.8 Å². The Morgan fingerprint density at radius 2 is 1.71 bits per heavy atom. The number of carbonyl (C=O) groups is 2. The van der Waals surface area contributed by atoms with Gasteiger partial charge in [0, 0.05) is 12.7 Å². The van der Waals surface area contributed by atoms with E-state index < -0.39 is 0 Å². The molecule has 1 aliphatic rings. The molecule has 1 heterocycles. The van der Waals surface area contributed by atoms with Gasteiger partial charge in [-0.15, -0.1) is 0 Å². The van der Waals surface area contributed by atoms with Gasteiger partial charge in [-0.05, 0) is 18.2 Å². The zero-order valence-corrected chi connectivity index (χ0v) is 8.21. The molecule has 0 saturated carbocycles. The maximum absolute atomic E-state index is 11.4. The van der Waals surface area contributed by atoms with Gasteiger partial charge in [-0.3, -0.25) is 14.5 Å². The fraction of sp³-hybridized carbons (Fsp3) is 0.111. The van der Waals surface area contributed by atoms with Gasteiger partial charge in [-0.1, -0.05) is 0 Å². The highest BCUT2D eigenvalue weighted by atomic mass is 35.5. The Labute approximate surface area is 87.1 Å². The number of nitrogen functional groups attached to an aromatic ring is 1. The molecule has 2 N–H and O–H groups in total. The number of halogens is 1. The second kappa shape index (κ2) is 3.31. The van der Waals surface area contributed by atoms with Crippen molar-refractivity contribution in [1.29, 1.82) is 0 Å². The van der Waals surface area contributed by atoms with Crippen molar-refractivity contribution in [3.8, 4) is 0 Å². The van der Waals surface area contributed by atoms with Crippen LogP contribution in [0.25, 0.3) is 0 Å². The molecule has 1 aromatic rings. The van der Waals surface area contributed by atoms with Gasteiger partial charge in [0.05, 0.1) is 11.1 Å². The summed E-state index contributed by atoms with van der Waals surface area (Å²) in [5, 5.41) is 0. The van der Waals surface area contributed by atoms with E-state index in [1.807, 2.05) is 0 Å². The molecule has 0 unspecified atom stereocenters. The van der Waals surface area contributed by atoms with E-state index in [0.717, 1.165) is 4.90 Å². The number of nitrogens with zero attached hydrogens (tertiary/aromatic N) is 1. The first-order chi connectivity index (χ1) is 6.11. The third kappa shape index (κ3) is 1.24. The van der Waals surface area contributed by atoms with Crippen molar-refractivity contribution in [2.24, 2.45) is 0 Å². The smallest absolute Gasteiger partial charge is 0.261 e. The number of imide groups is 1. The van der Waals surface area contributed by atoms with Crippen LogP contribution >= 0.6 is 0 Å². The summed E-state index contributed by atoms with van der Waals surface area (Å²) in [4.78, 5) is 23.9. The van der Waals surface area contributed by atoms with E-state index in [-0.39, 0.29) is 24.2 Å². The number of hydrogen-bond acceptors (Lipinski definition) is 3. The van der Waals surface area contributed by atoms with Crippen molar-refractivity contribution in [3.05, 3.63) is 29.3 Å². The Balaban J connectivity index is 0.000000980. The minimum absolute atomic E-state index is 0. The van der Waals surface area contributed by atoms with Crippen LogP contribution in [0.2, 0.25) is 0 Å². The second-order valence-corrected chi connectivity index (χ2v) is 2.97.